The van der Waals surface area contributed by atoms with Crippen LogP contribution < -0.4 is 4.72 Å². The third kappa shape index (κ3) is 3.56. The molecule has 0 aliphatic heterocycles. The van der Waals surface area contributed by atoms with Crippen LogP contribution in [0.15, 0.2) is 20.0 Å². The van der Waals surface area contributed by atoms with Crippen molar-refractivity contribution in [2.45, 2.75) is 17.7 Å². The number of nitriles is 1. The van der Waals surface area contributed by atoms with Gasteiger partial charge in [-0.3, -0.25) is 0 Å². The Morgan fingerprint density at radius 1 is 1.61 bits per heavy atom. The van der Waals surface area contributed by atoms with Gasteiger partial charge in [0.1, 0.15) is 4.90 Å². The summed E-state index contributed by atoms with van der Waals surface area (Å²) in [6.07, 6.45) is 0.604. The first kappa shape index (κ1) is 14.7. The topological polar surface area (TPSA) is 120 Å². The molecule has 0 atom stereocenters. The van der Waals surface area contributed by atoms with E-state index in [9.17, 15) is 13.2 Å². The van der Waals surface area contributed by atoms with E-state index in [-0.39, 0.29) is 22.5 Å². The van der Waals surface area contributed by atoms with Crippen molar-refractivity contribution in [3.05, 3.63) is 16.5 Å². The second-order valence-corrected chi connectivity index (χ2v) is 5.67. The van der Waals surface area contributed by atoms with Gasteiger partial charge in [0, 0.05) is 19.0 Å². The van der Waals surface area contributed by atoms with Gasteiger partial charge in [-0.05, 0) is 22.4 Å². The van der Waals surface area contributed by atoms with Crippen LogP contribution in [0, 0.1) is 11.3 Å². The number of rotatable bonds is 6. The zero-order valence-corrected chi connectivity index (χ0v) is 11.4. The van der Waals surface area contributed by atoms with Gasteiger partial charge in [-0.25, -0.2) is 17.9 Å². The zero-order chi connectivity index (χ0) is 13.8. The van der Waals surface area contributed by atoms with Gasteiger partial charge in [-0.2, -0.15) is 5.26 Å². The van der Waals surface area contributed by atoms with Crippen molar-refractivity contribution in [3.63, 3.8) is 0 Å². The number of hydrogen-bond acceptors (Lipinski definition) is 5. The Morgan fingerprint density at radius 2 is 2.28 bits per heavy atom. The summed E-state index contributed by atoms with van der Waals surface area (Å²) in [7, 11) is -3.85. The lowest BCUT2D eigenvalue weighted by atomic mass is 10.3. The lowest BCUT2D eigenvalue weighted by Crippen LogP contribution is -2.24. The van der Waals surface area contributed by atoms with Crippen molar-refractivity contribution in [2.75, 3.05) is 6.54 Å². The first-order valence-electron chi connectivity index (χ1n) is 4.77. The third-order valence-electron chi connectivity index (χ3n) is 1.91. The van der Waals surface area contributed by atoms with Gasteiger partial charge >= 0.3 is 5.97 Å². The molecule has 0 aromatic carbocycles. The van der Waals surface area contributed by atoms with Crippen LogP contribution in [0.25, 0.3) is 0 Å². The van der Waals surface area contributed by atoms with Crippen molar-refractivity contribution in [1.29, 1.82) is 5.26 Å². The second-order valence-electron chi connectivity index (χ2n) is 3.21. The summed E-state index contributed by atoms with van der Waals surface area (Å²) in [6.45, 7) is 0.0932. The molecule has 0 fully saturated rings. The van der Waals surface area contributed by atoms with E-state index in [1.54, 1.807) is 0 Å². The Labute approximate surface area is 112 Å². The second kappa shape index (κ2) is 5.99. The van der Waals surface area contributed by atoms with E-state index in [2.05, 4.69) is 20.7 Å². The van der Waals surface area contributed by atoms with Gasteiger partial charge in [0.25, 0.3) is 0 Å². The van der Waals surface area contributed by atoms with Crippen LogP contribution in [0.2, 0.25) is 0 Å². The molecule has 0 bridgehead atoms. The van der Waals surface area contributed by atoms with Gasteiger partial charge in [0.2, 0.25) is 15.8 Å². The van der Waals surface area contributed by atoms with Crippen molar-refractivity contribution >= 4 is 31.9 Å². The Hall–Kier alpha value is -1.37. The fourth-order valence-corrected chi connectivity index (χ4v) is 3.10. The van der Waals surface area contributed by atoms with Crippen molar-refractivity contribution in [1.82, 2.24) is 4.72 Å². The summed E-state index contributed by atoms with van der Waals surface area (Å²) >= 11 is 2.84. The number of carboxylic acid groups (broad SMARTS) is 1. The minimum Gasteiger partial charge on any atom is -0.475 e. The van der Waals surface area contributed by atoms with Crippen LogP contribution >= 0.6 is 15.9 Å². The molecule has 0 spiro atoms. The van der Waals surface area contributed by atoms with E-state index in [4.69, 9.17) is 14.8 Å². The Kier molecular flexibility index (Phi) is 4.89. The summed E-state index contributed by atoms with van der Waals surface area (Å²) in [5.41, 5.74) is 0. The fourth-order valence-electron chi connectivity index (χ4n) is 1.09. The highest BCUT2D eigenvalue weighted by molar-refractivity contribution is 9.10. The molecule has 0 saturated carbocycles. The summed E-state index contributed by atoms with van der Waals surface area (Å²) in [5, 5.41) is 17.0. The predicted octanol–water partition coefficient (Wildman–Crippen LogP) is 1.32. The van der Waals surface area contributed by atoms with E-state index in [1.807, 2.05) is 6.07 Å². The molecular formula is C9H9BrN2O5S. The smallest absolute Gasteiger partial charge is 0.371 e. The zero-order valence-electron chi connectivity index (χ0n) is 9.01. The molecule has 0 unspecified atom stereocenters. The molecule has 1 heterocycles. The fraction of sp³-hybridized carbons (Fsp3) is 0.333. The molecule has 9 heteroatoms. The number of nitrogens with one attached hydrogen (secondary N) is 1. The van der Waals surface area contributed by atoms with Crippen molar-refractivity contribution in [2.24, 2.45) is 0 Å². The number of furan rings is 1. The van der Waals surface area contributed by atoms with Crippen LogP contribution in [0.5, 0.6) is 0 Å². The number of carboxylic acids is 1. The standard InChI is InChI=1S/C9H9BrN2O5S/c10-8-7(5-6(17-8)9(13)14)18(15,16)12-4-2-1-3-11/h5,12H,1-2,4H2,(H,13,14). The van der Waals surface area contributed by atoms with Crippen LogP contribution in [0.4, 0.5) is 0 Å². The number of halogens is 1. The summed E-state index contributed by atoms with van der Waals surface area (Å²) < 4.78 is 30.4. The highest BCUT2D eigenvalue weighted by atomic mass is 79.9. The van der Waals surface area contributed by atoms with Crippen molar-refractivity contribution in [3.8, 4) is 6.07 Å². The van der Waals surface area contributed by atoms with Gasteiger partial charge in [-0.15, -0.1) is 0 Å². The first-order valence-corrected chi connectivity index (χ1v) is 7.05. The van der Waals surface area contributed by atoms with Crippen molar-refractivity contribution < 1.29 is 22.7 Å². The maximum absolute atomic E-state index is 11.8. The van der Waals surface area contributed by atoms with Gasteiger partial charge in [0.15, 0.2) is 4.67 Å². The third-order valence-corrected chi connectivity index (χ3v) is 4.23. The minimum absolute atomic E-state index is 0.0932. The molecule has 1 aromatic heterocycles. The normalized spacial score (nSPS) is 11.1. The van der Waals surface area contributed by atoms with Crippen LogP contribution in [0.1, 0.15) is 23.4 Å². The molecular weight excluding hydrogens is 328 g/mol. The monoisotopic (exact) mass is 336 g/mol. The molecule has 7 nitrogen and oxygen atoms in total. The molecule has 0 radical (unpaired) electrons. The highest BCUT2D eigenvalue weighted by Gasteiger charge is 2.24. The summed E-state index contributed by atoms with van der Waals surface area (Å²) in [6, 6.07) is 2.80. The number of nitrogens with zero attached hydrogens (tertiary/aromatic N) is 1. The van der Waals surface area contributed by atoms with E-state index in [1.165, 1.54) is 0 Å². The predicted molar refractivity (Wildman–Crippen MR) is 63.4 cm³/mol. The van der Waals surface area contributed by atoms with E-state index in [0.717, 1.165) is 6.07 Å². The molecule has 98 valence electrons. The van der Waals surface area contributed by atoms with E-state index in [0.29, 0.717) is 6.42 Å². The summed E-state index contributed by atoms with van der Waals surface area (Å²) in [4.78, 5) is 10.3. The van der Waals surface area contributed by atoms with Gasteiger partial charge in [0.05, 0.1) is 6.07 Å². The van der Waals surface area contributed by atoms with E-state index < -0.39 is 21.8 Å². The average molecular weight is 337 g/mol. The van der Waals surface area contributed by atoms with Crippen LogP contribution in [-0.4, -0.2) is 26.0 Å². The number of unbranched alkanes of at least 4 members (excludes halogenated alkanes) is 1. The molecule has 2 N–H and O–H groups in total. The molecule has 0 aliphatic carbocycles. The number of sulfonamides is 1. The lowest BCUT2D eigenvalue weighted by Gasteiger charge is -2.02. The average Bonchev–Trinajstić information content (AvgIpc) is 2.68. The molecule has 1 rings (SSSR count). The first-order chi connectivity index (χ1) is 8.38. The summed E-state index contributed by atoms with van der Waals surface area (Å²) in [5.74, 6) is -1.83. The number of carbonyl (C=O) groups is 1. The maximum atomic E-state index is 11.8. The molecule has 0 aliphatic rings. The maximum Gasteiger partial charge on any atom is 0.371 e. The Balaban J connectivity index is 2.85. The highest BCUT2D eigenvalue weighted by Crippen LogP contribution is 2.25. The Morgan fingerprint density at radius 3 is 2.78 bits per heavy atom. The van der Waals surface area contributed by atoms with E-state index >= 15 is 0 Å². The van der Waals surface area contributed by atoms with Crippen LogP contribution in [-0.2, 0) is 10.0 Å². The SMILES string of the molecule is N#CCCCNS(=O)(=O)c1cc(C(=O)O)oc1Br. The number of aromatic carboxylic acids is 1. The number of hydrogen-bond donors (Lipinski definition) is 2. The van der Waals surface area contributed by atoms with Gasteiger partial charge < -0.3 is 9.52 Å². The molecule has 18 heavy (non-hydrogen) atoms. The minimum atomic E-state index is -3.85. The Bertz CT molecular complexity index is 587. The molecule has 0 saturated heterocycles. The van der Waals surface area contributed by atoms with Crippen LogP contribution in [0.3, 0.4) is 0 Å². The lowest BCUT2D eigenvalue weighted by molar-refractivity contribution is 0.0661. The largest absolute Gasteiger partial charge is 0.475 e. The molecule has 0 amide bonds. The van der Waals surface area contributed by atoms with Gasteiger partial charge in [-0.1, -0.05) is 0 Å². The molecule has 1 aromatic rings. The quantitative estimate of drug-likeness (QED) is 0.755.